The van der Waals surface area contributed by atoms with E-state index in [-0.39, 0.29) is 11.5 Å². The van der Waals surface area contributed by atoms with Crippen LogP contribution >= 0.6 is 15.9 Å². The summed E-state index contributed by atoms with van der Waals surface area (Å²) in [5, 5.41) is 10.1. The molecule has 0 radical (unpaired) electrons. The lowest BCUT2D eigenvalue weighted by atomic mass is 9.83. The van der Waals surface area contributed by atoms with Gasteiger partial charge in [-0.3, -0.25) is 0 Å². The number of aliphatic hydroxyl groups is 1. The molecule has 0 heterocycles. The van der Waals surface area contributed by atoms with Gasteiger partial charge in [0.15, 0.2) is 0 Å². The first-order chi connectivity index (χ1) is 6.84. The lowest BCUT2D eigenvalue weighted by Crippen LogP contribution is -2.14. The molecule has 1 N–H and O–H groups in total. The van der Waals surface area contributed by atoms with Gasteiger partial charge in [0, 0.05) is 4.47 Å². The van der Waals surface area contributed by atoms with E-state index in [1.54, 1.807) is 0 Å². The molecule has 1 aliphatic carbocycles. The molecule has 15 heavy (non-hydrogen) atoms. The molecular weight excluding hydrogens is 252 g/mol. The van der Waals surface area contributed by atoms with E-state index >= 15 is 0 Å². The molecule has 1 aromatic carbocycles. The zero-order valence-electron chi connectivity index (χ0n) is 9.69. The van der Waals surface area contributed by atoms with Crippen LogP contribution in [0.3, 0.4) is 0 Å². The molecule has 1 atom stereocenters. The van der Waals surface area contributed by atoms with E-state index in [4.69, 9.17) is 0 Å². The Morgan fingerprint density at radius 1 is 1.40 bits per heavy atom. The highest BCUT2D eigenvalue weighted by Gasteiger charge is 2.38. The van der Waals surface area contributed by atoms with Crippen molar-refractivity contribution in [2.45, 2.75) is 45.6 Å². The monoisotopic (exact) mass is 268 g/mol. The van der Waals surface area contributed by atoms with Gasteiger partial charge >= 0.3 is 0 Å². The van der Waals surface area contributed by atoms with Gasteiger partial charge in [-0.2, -0.15) is 0 Å². The first-order valence-corrected chi connectivity index (χ1v) is 6.12. The van der Waals surface area contributed by atoms with E-state index in [0.717, 1.165) is 16.5 Å². The third-order valence-corrected chi connectivity index (χ3v) is 4.31. The Balaban J connectivity index is 2.78. The Morgan fingerprint density at radius 2 is 2.00 bits per heavy atom. The molecule has 2 heteroatoms. The van der Waals surface area contributed by atoms with Gasteiger partial charge in [0.1, 0.15) is 0 Å². The summed E-state index contributed by atoms with van der Waals surface area (Å²) < 4.78 is 1.11. The summed E-state index contributed by atoms with van der Waals surface area (Å²) >= 11 is 3.55. The van der Waals surface area contributed by atoms with Crippen molar-refractivity contribution in [1.82, 2.24) is 0 Å². The first kappa shape index (κ1) is 11.2. The zero-order valence-corrected chi connectivity index (χ0v) is 11.3. The molecule has 0 saturated carbocycles. The van der Waals surface area contributed by atoms with Crippen LogP contribution in [0.5, 0.6) is 0 Å². The molecule has 0 saturated heterocycles. The zero-order chi connectivity index (χ0) is 11.4. The molecular formula is C13H17BrO. The molecule has 0 fully saturated rings. The van der Waals surface area contributed by atoms with Gasteiger partial charge < -0.3 is 5.11 Å². The van der Waals surface area contributed by atoms with Gasteiger partial charge in [0.05, 0.1) is 6.10 Å². The molecule has 0 aromatic heterocycles. The number of benzene rings is 1. The largest absolute Gasteiger partial charge is 0.388 e. The van der Waals surface area contributed by atoms with Crippen molar-refractivity contribution >= 4 is 15.9 Å². The summed E-state index contributed by atoms with van der Waals surface area (Å²) in [6.07, 6.45) is 0.534. The fourth-order valence-electron chi connectivity index (χ4n) is 2.90. The maximum absolute atomic E-state index is 10.1. The van der Waals surface area contributed by atoms with E-state index in [1.165, 1.54) is 16.7 Å². The van der Waals surface area contributed by atoms with Crippen LogP contribution in [0.25, 0.3) is 0 Å². The Morgan fingerprint density at radius 3 is 2.60 bits per heavy atom. The van der Waals surface area contributed by atoms with Gasteiger partial charge in [-0.05, 0) is 54.0 Å². The SMILES string of the molecule is Cc1cc(Br)c(C)c2c1C(C)(C)CC2O. The van der Waals surface area contributed by atoms with E-state index in [0.29, 0.717) is 0 Å². The summed E-state index contributed by atoms with van der Waals surface area (Å²) in [4.78, 5) is 0. The Hall–Kier alpha value is -0.340. The third-order valence-electron chi connectivity index (χ3n) is 3.48. The highest BCUT2D eigenvalue weighted by molar-refractivity contribution is 9.10. The Labute approximate surface area is 99.6 Å². The first-order valence-electron chi connectivity index (χ1n) is 5.33. The number of fused-ring (bicyclic) bond motifs is 1. The summed E-state index contributed by atoms with van der Waals surface area (Å²) in [6, 6.07) is 2.16. The molecule has 1 unspecified atom stereocenters. The summed E-state index contributed by atoms with van der Waals surface area (Å²) in [5.74, 6) is 0. The van der Waals surface area contributed by atoms with Crippen molar-refractivity contribution in [1.29, 1.82) is 0 Å². The summed E-state index contributed by atoms with van der Waals surface area (Å²) in [7, 11) is 0. The number of aliphatic hydroxyl groups excluding tert-OH is 1. The van der Waals surface area contributed by atoms with Crippen LogP contribution < -0.4 is 0 Å². The smallest absolute Gasteiger partial charge is 0.0804 e. The average molecular weight is 269 g/mol. The minimum absolute atomic E-state index is 0.101. The predicted octanol–water partition coefficient (Wildman–Crippen LogP) is 3.78. The highest BCUT2D eigenvalue weighted by atomic mass is 79.9. The summed E-state index contributed by atoms with van der Waals surface area (Å²) in [5.41, 5.74) is 5.06. The predicted molar refractivity (Wildman–Crippen MR) is 66.2 cm³/mol. The van der Waals surface area contributed by atoms with Gasteiger partial charge in [0.2, 0.25) is 0 Å². The molecule has 0 spiro atoms. The van der Waals surface area contributed by atoms with Crippen LogP contribution in [0.15, 0.2) is 10.5 Å². The van der Waals surface area contributed by atoms with E-state index in [2.05, 4.69) is 49.7 Å². The minimum Gasteiger partial charge on any atom is -0.388 e. The maximum atomic E-state index is 10.1. The van der Waals surface area contributed by atoms with Crippen LogP contribution in [0.1, 0.15) is 48.6 Å². The van der Waals surface area contributed by atoms with Gasteiger partial charge in [0.25, 0.3) is 0 Å². The topological polar surface area (TPSA) is 20.2 Å². The van der Waals surface area contributed by atoms with Gasteiger partial charge in [-0.25, -0.2) is 0 Å². The molecule has 0 aliphatic heterocycles. The lowest BCUT2D eigenvalue weighted by molar-refractivity contribution is 0.161. The Kier molecular flexibility index (Phi) is 2.47. The van der Waals surface area contributed by atoms with Gasteiger partial charge in [-0.1, -0.05) is 29.8 Å². The normalized spacial score (nSPS) is 22.9. The fourth-order valence-corrected chi connectivity index (χ4v) is 3.46. The molecule has 1 nitrogen and oxygen atoms in total. The van der Waals surface area contributed by atoms with Gasteiger partial charge in [-0.15, -0.1) is 0 Å². The van der Waals surface area contributed by atoms with Crippen molar-refractivity contribution in [3.8, 4) is 0 Å². The van der Waals surface area contributed by atoms with Crippen LogP contribution in [-0.4, -0.2) is 5.11 Å². The quantitative estimate of drug-likeness (QED) is 0.760. The highest BCUT2D eigenvalue weighted by Crippen LogP contribution is 2.48. The fraction of sp³-hybridized carbons (Fsp3) is 0.538. The number of hydrogen-bond donors (Lipinski definition) is 1. The van der Waals surface area contributed by atoms with Crippen LogP contribution in [0.2, 0.25) is 0 Å². The molecule has 0 amide bonds. The van der Waals surface area contributed by atoms with E-state index < -0.39 is 0 Å². The second kappa shape index (κ2) is 3.33. The van der Waals surface area contributed by atoms with Crippen LogP contribution in [0.4, 0.5) is 0 Å². The second-order valence-corrected chi connectivity index (χ2v) is 6.05. The van der Waals surface area contributed by atoms with Crippen molar-refractivity contribution in [2.75, 3.05) is 0 Å². The Bertz CT molecular complexity index is 421. The molecule has 1 aromatic rings. The molecule has 0 bridgehead atoms. The second-order valence-electron chi connectivity index (χ2n) is 5.19. The number of rotatable bonds is 0. The number of halogens is 1. The lowest BCUT2D eigenvalue weighted by Gasteiger charge is -2.21. The van der Waals surface area contributed by atoms with Crippen molar-refractivity contribution in [2.24, 2.45) is 0 Å². The molecule has 2 rings (SSSR count). The summed E-state index contributed by atoms with van der Waals surface area (Å²) in [6.45, 7) is 8.63. The standard InChI is InChI=1S/C13H17BrO/c1-7-5-9(14)8(2)11-10(15)6-13(3,4)12(7)11/h5,10,15H,6H2,1-4H3. The maximum Gasteiger partial charge on any atom is 0.0804 e. The van der Waals surface area contributed by atoms with Crippen molar-refractivity contribution < 1.29 is 5.11 Å². The van der Waals surface area contributed by atoms with E-state index in [9.17, 15) is 5.11 Å². The average Bonchev–Trinajstić information content (AvgIpc) is 2.32. The third kappa shape index (κ3) is 1.55. The van der Waals surface area contributed by atoms with Crippen LogP contribution in [-0.2, 0) is 5.41 Å². The van der Waals surface area contributed by atoms with E-state index in [1.807, 2.05) is 0 Å². The van der Waals surface area contributed by atoms with Crippen molar-refractivity contribution in [3.63, 3.8) is 0 Å². The van der Waals surface area contributed by atoms with Crippen LogP contribution in [0, 0.1) is 13.8 Å². The number of hydrogen-bond acceptors (Lipinski definition) is 1. The molecule has 1 aliphatic rings. The number of aryl methyl sites for hydroxylation is 1. The minimum atomic E-state index is -0.300. The van der Waals surface area contributed by atoms with Crippen molar-refractivity contribution in [3.05, 3.63) is 32.8 Å². The molecule has 82 valence electrons.